The number of hydrogen-bond acceptors (Lipinski definition) is 3. The number of nitrogens with zero attached hydrogens (tertiary/aromatic N) is 3. The van der Waals surface area contributed by atoms with Crippen LogP contribution in [0.15, 0.2) is 24.5 Å². The Morgan fingerprint density at radius 3 is 3.00 bits per heavy atom. The molecule has 100 valence electrons. The van der Waals surface area contributed by atoms with Gasteiger partial charge in [-0.05, 0) is 37.5 Å². The summed E-state index contributed by atoms with van der Waals surface area (Å²) in [6, 6.07) is 4.49. The van der Waals surface area contributed by atoms with Crippen molar-refractivity contribution in [3.63, 3.8) is 0 Å². The quantitative estimate of drug-likeness (QED) is 0.848. The molecular weight excluding hydrogens is 269 g/mol. The molecule has 1 aliphatic rings. The van der Waals surface area contributed by atoms with Crippen molar-refractivity contribution in [3.05, 3.63) is 41.2 Å². The standard InChI is InChI=1S/C13H13ClFN3O/c14-10-7-9(4-5-11(10)15)18-13(16-8-17-18)12-3-1-2-6-19-12/h4-5,7-8,12H,1-3,6H2/t12-/m0/s1. The molecular formula is C13H13ClFN3O. The molecule has 6 heteroatoms. The van der Waals surface area contributed by atoms with Crippen LogP contribution in [0.4, 0.5) is 4.39 Å². The highest BCUT2D eigenvalue weighted by Crippen LogP contribution is 2.28. The van der Waals surface area contributed by atoms with E-state index in [1.807, 2.05) is 0 Å². The average molecular weight is 282 g/mol. The molecule has 0 saturated carbocycles. The van der Waals surface area contributed by atoms with E-state index in [0.29, 0.717) is 5.69 Å². The first-order chi connectivity index (χ1) is 9.25. The van der Waals surface area contributed by atoms with Crippen LogP contribution in [0.2, 0.25) is 5.02 Å². The molecule has 2 heterocycles. The molecule has 0 N–H and O–H groups in total. The van der Waals surface area contributed by atoms with Gasteiger partial charge in [-0.3, -0.25) is 0 Å². The SMILES string of the molecule is Fc1ccc(-n2ncnc2[C@@H]2CCCCO2)cc1Cl. The van der Waals surface area contributed by atoms with Gasteiger partial charge < -0.3 is 4.74 Å². The number of ether oxygens (including phenoxy) is 1. The fourth-order valence-electron chi connectivity index (χ4n) is 2.23. The van der Waals surface area contributed by atoms with Crippen LogP contribution in [-0.2, 0) is 4.74 Å². The van der Waals surface area contributed by atoms with Crippen molar-refractivity contribution < 1.29 is 9.13 Å². The van der Waals surface area contributed by atoms with Crippen LogP contribution in [-0.4, -0.2) is 21.4 Å². The average Bonchev–Trinajstić information content (AvgIpc) is 2.92. The third-order valence-electron chi connectivity index (χ3n) is 3.19. The summed E-state index contributed by atoms with van der Waals surface area (Å²) < 4.78 is 20.6. The van der Waals surface area contributed by atoms with Gasteiger partial charge in [-0.25, -0.2) is 14.1 Å². The molecule has 1 saturated heterocycles. The van der Waals surface area contributed by atoms with Gasteiger partial charge in [-0.2, -0.15) is 5.10 Å². The zero-order valence-electron chi connectivity index (χ0n) is 10.2. The highest BCUT2D eigenvalue weighted by Gasteiger charge is 2.22. The third kappa shape index (κ3) is 2.48. The molecule has 0 unspecified atom stereocenters. The Balaban J connectivity index is 1.96. The van der Waals surface area contributed by atoms with E-state index < -0.39 is 5.82 Å². The molecule has 19 heavy (non-hydrogen) atoms. The lowest BCUT2D eigenvalue weighted by Crippen LogP contribution is -2.16. The first-order valence-electron chi connectivity index (χ1n) is 6.22. The van der Waals surface area contributed by atoms with Crippen molar-refractivity contribution in [1.29, 1.82) is 0 Å². The predicted molar refractivity (Wildman–Crippen MR) is 68.9 cm³/mol. The minimum absolute atomic E-state index is 0.0555. The van der Waals surface area contributed by atoms with Crippen LogP contribution in [0, 0.1) is 5.82 Å². The molecule has 0 bridgehead atoms. The topological polar surface area (TPSA) is 39.9 Å². The Morgan fingerprint density at radius 1 is 1.37 bits per heavy atom. The van der Waals surface area contributed by atoms with E-state index in [0.717, 1.165) is 31.7 Å². The second-order valence-corrected chi connectivity index (χ2v) is 4.89. The molecule has 1 aromatic carbocycles. The van der Waals surface area contributed by atoms with Crippen LogP contribution in [0.3, 0.4) is 0 Å². The smallest absolute Gasteiger partial charge is 0.161 e. The molecule has 0 amide bonds. The van der Waals surface area contributed by atoms with Crippen molar-refractivity contribution in [2.75, 3.05) is 6.61 Å². The van der Waals surface area contributed by atoms with Crippen molar-refractivity contribution >= 4 is 11.6 Å². The van der Waals surface area contributed by atoms with Crippen molar-refractivity contribution in [1.82, 2.24) is 14.8 Å². The minimum Gasteiger partial charge on any atom is -0.370 e. The predicted octanol–water partition coefficient (Wildman–Crippen LogP) is 3.30. The fourth-order valence-corrected chi connectivity index (χ4v) is 2.40. The van der Waals surface area contributed by atoms with Gasteiger partial charge >= 0.3 is 0 Å². The van der Waals surface area contributed by atoms with Gasteiger partial charge in [0.1, 0.15) is 18.2 Å². The van der Waals surface area contributed by atoms with Crippen molar-refractivity contribution in [2.24, 2.45) is 0 Å². The van der Waals surface area contributed by atoms with Gasteiger partial charge in [-0.15, -0.1) is 0 Å². The molecule has 1 aromatic heterocycles. The first kappa shape index (κ1) is 12.6. The van der Waals surface area contributed by atoms with E-state index in [-0.39, 0.29) is 11.1 Å². The fraction of sp³-hybridized carbons (Fsp3) is 0.385. The number of halogens is 2. The van der Waals surface area contributed by atoms with E-state index in [1.54, 1.807) is 10.7 Å². The Morgan fingerprint density at radius 2 is 2.26 bits per heavy atom. The number of aromatic nitrogens is 3. The summed E-state index contributed by atoms with van der Waals surface area (Å²) >= 11 is 5.80. The summed E-state index contributed by atoms with van der Waals surface area (Å²) in [5, 5.41) is 4.25. The molecule has 1 aliphatic heterocycles. The van der Waals surface area contributed by atoms with Crippen molar-refractivity contribution in [3.8, 4) is 5.69 Å². The first-order valence-corrected chi connectivity index (χ1v) is 6.60. The summed E-state index contributed by atoms with van der Waals surface area (Å²) in [4.78, 5) is 4.26. The van der Waals surface area contributed by atoms with Crippen LogP contribution in [0.1, 0.15) is 31.2 Å². The molecule has 4 nitrogen and oxygen atoms in total. The van der Waals surface area contributed by atoms with Gasteiger partial charge in [0.05, 0.1) is 10.7 Å². The van der Waals surface area contributed by atoms with Gasteiger partial charge in [-0.1, -0.05) is 11.6 Å². The summed E-state index contributed by atoms with van der Waals surface area (Å²) in [7, 11) is 0. The maximum atomic E-state index is 13.2. The maximum Gasteiger partial charge on any atom is 0.161 e. The van der Waals surface area contributed by atoms with Crippen molar-refractivity contribution in [2.45, 2.75) is 25.4 Å². The highest BCUT2D eigenvalue weighted by molar-refractivity contribution is 6.30. The molecule has 0 radical (unpaired) electrons. The zero-order valence-corrected chi connectivity index (χ0v) is 11.0. The molecule has 0 spiro atoms. The van der Waals surface area contributed by atoms with Crippen LogP contribution >= 0.6 is 11.6 Å². The Labute approximate surface area is 115 Å². The lowest BCUT2D eigenvalue weighted by atomic mass is 10.1. The van der Waals surface area contributed by atoms with E-state index in [9.17, 15) is 4.39 Å². The highest BCUT2D eigenvalue weighted by atomic mass is 35.5. The Hall–Kier alpha value is -1.46. The number of benzene rings is 1. The summed E-state index contributed by atoms with van der Waals surface area (Å²) in [6.45, 7) is 0.738. The summed E-state index contributed by atoms with van der Waals surface area (Å²) in [5.74, 6) is 0.295. The minimum atomic E-state index is -0.444. The number of hydrogen-bond donors (Lipinski definition) is 0. The van der Waals surface area contributed by atoms with Gasteiger partial charge in [0, 0.05) is 6.61 Å². The zero-order chi connectivity index (χ0) is 13.2. The largest absolute Gasteiger partial charge is 0.370 e. The maximum absolute atomic E-state index is 13.2. The van der Waals surface area contributed by atoms with Crippen LogP contribution in [0.5, 0.6) is 0 Å². The third-order valence-corrected chi connectivity index (χ3v) is 3.48. The van der Waals surface area contributed by atoms with Gasteiger partial charge in [0.15, 0.2) is 5.82 Å². The van der Waals surface area contributed by atoms with E-state index >= 15 is 0 Å². The summed E-state index contributed by atoms with van der Waals surface area (Å²) in [5.41, 5.74) is 0.688. The summed E-state index contributed by atoms with van der Waals surface area (Å²) in [6.07, 6.45) is 4.53. The normalized spacial score (nSPS) is 19.6. The molecule has 3 rings (SSSR count). The van der Waals surface area contributed by atoms with Gasteiger partial charge in [0.25, 0.3) is 0 Å². The number of rotatable bonds is 2. The van der Waals surface area contributed by atoms with Gasteiger partial charge in [0.2, 0.25) is 0 Å². The Kier molecular flexibility index (Phi) is 3.48. The van der Waals surface area contributed by atoms with E-state index in [2.05, 4.69) is 10.1 Å². The lowest BCUT2D eigenvalue weighted by molar-refractivity contribution is 0.00820. The molecule has 1 atom stereocenters. The molecule has 1 fully saturated rings. The molecule has 0 aliphatic carbocycles. The second-order valence-electron chi connectivity index (χ2n) is 4.48. The van der Waals surface area contributed by atoms with Crippen LogP contribution in [0.25, 0.3) is 5.69 Å². The monoisotopic (exact) mass is 281 g/mol. The molecule has 2 aromatic rings. The Bertz CT molecular complexity index is 581. The lowest BCUT2D eigenvalue weighted by Gasteiger charge is -2.22. The van der Waals surface area contributed by atoms with E-state index in [1.165, 1.54) is 18.5 Å². The second kappa shape index (κ2) is 5.27. The van der Waals surface area contributed by atoms with Crippen LogP contribution < -0.4 is 0 Å². The van der Waals surface area contributed by atoms with E-state index in [4.69, 9.17) is 16.3 Å².